The van der Waals surface area contributed by atoms with E-state index in [1.54, 1.807) is 12.1 Å². The molecule has 4 aromatic rings. The van der Waals surface area contributed by atoms with Gasteiger partial charge < -0.3 is 10.4 Å². The fourth-order valence-electron chi connectivity index (χ4n) is 3.71. The zero-order chi connectivity index (χ0) is 27.0. The largest absolute Gasteiger partial charge is 0.435 e. The molecule has 0 bridgehead atoms. The number of anilines is 1. The van der Waals surface area contributed by atoms with Crippen LogP contribution in [0.25, 0.3) is 16.8 Å². The second-order valence-corrected chi connectivity index (χ2v) is 10.0. The number of carbonyl (C=O) groups is 1. The summed E-state index contributed by atoms with van der Waals surface area (Å²) < 4.78 is 80.1. The highest BCUT2D eigenvalue weighted by molar-refractivity contribution is 7.90. The number of nitrogens with zero attached hydrogens (tertiary/aromatic N) is 2. The zero-order valence-corrected chi connectivity index (χ0v) is 19.9. The van der Waals surface area contributed by atoms with Gasteiger partial charge in [-0.15, -0.1) is 0 Å². The average molecular weight is 534 g/mol. The van der Waals surface area contributed by atoms with Gasteiger partial charge in [0.05, 0.1) is 22.9 Å². The quantitative estimate of drug-likeness (QED) is 0.345. The van der Waals surface area contributed by atoms with E-state index in [9.17, 15) is 35.9 Å². The molecule has 192 valence electrons. The third kappa shape index (κ3) is 5.39. The summed E-state index contributed by atoms with van der Waals surface area (Å²) in [5, 5.41) is 15.3. The van der Waals surface area contributed by atoms with Crippen molar-refractivity contribution in [2.45, 2.75) is 17.7 Å². The number of aliphatic hydroxyl groups is 1. The number of para-hydroxylation sites is 1. The Labute approximate surface area is 208 Å². The number of halogens is 4. The predicted molar refractivity (Wildman–Crippen MR) is 127 cm³/mol. The lowest BCUT2D eigenvalue weighted by Gasteiger charge is -2.13. The molecule has 0 fully saturated rings. The van der Waals surface area contributed by atoms with Crippen molar-refractivity contribution in [1.82, 2.24) is 9.78 Å². The van der Waals surface area contributed by atoms with E-state index < -0.39 is 45.7 Å². The molecule has 0 aliphatic heterocycles. The second kappa shape index (κ2) is 9.79. The molecule has 1 aromatic heterocycles. The van der Waals surface area contributed by atoms with Crippen LogP contribution in [0.2, 0.25) is 0 Å². The second-order valence-electron chi connectivity index (χ2n) is 8.03. The molecule has 2 N–H and O–H groups in total. The molecular formula is C25H19F4N3O4S. The number of alkyl halides is 3. The van der Waals surface area contributed by atoms with Gasteiger partial charge in [-0.2, -0.15) is 18.3 Å². The number of hydrogen-bond donors (Lipinski definition) is 2. The minimum atomic E-state index is -4.87. The average Bonchev–Trinajstić information content (AvgIpc) is 3.31. The van der Waals surface area contributed by atoms with Gasteiger partial charge >= 0.3 is 6.18 Å². The van der Waals surface area contributed by atoms with Crippen molar-refractivity contribution in [2.24, 2.45) is 0 Å². The summed E-state index contributed by atoms with van der Waals surface area (Å²) in [7, 11) is -3.62. The molecule has 0 saturated heterocycles. The monoisotopic (exact) mass is 533 g/mol. The van der Waals surface area contributed by atoms with Gasteiger partial charge in [0, 0.05) is 23.4 Å². The van der Waals surface area contributed by atoms with Crippen molar-refractivity contribution >= 4 is 21.4 Å². The van der Waals surface area contributed by atoms with E-state index in [0.29, 0.717) is 6.07 Å². The maximum absolute atomic E-state index is 15.0. The van der Waals surface area contributed by atoms with Crippen LogP contribution in [0.5, 0.6) is 0 Å². The van der Waals surface area contributed by atoms with E-state index in [1.165, 1.54) is 48.5 Å². The third-order valence-electron chi connectivity index (χ3n) is 5.44. The Bertz CT molecular complexity index is 1600. The number of aliphatic hydroxyl groups excluding tert-OH is 1. The van der Waals surface area contributed by atoms with Crippen LogP contribution in [0.3, 0.4) is 0 Å². The summed E-state index contributed by atoms with van der Waals surface area (Å²) in [4.78, 5) is 13.0. The van der Waals surface area contributed by atoms with Gasteiger partial charge in [0.25, 0.3) is 5.91 Å². The first-order chi connectivity index (χ1) is 17.4. The number of nitrogens with one attached hydrogen (secondary N) is 1. The lowest BCUT2D eigenvalue weighted by atomic mass is 10.0. The number of benzene rings is 3. The summed E-state index contributed by atoms with van der Waals surface area (Å²) in [6.45, 7) is -0.524. The van der Waals surface area contributed by atoms with Crippen molar-refractivity contribution in [3.05, 3.63) is 95.6 Å². The number of aromatic nitrogens is 2. The highest BCUT2D eigenvalue weighted by Crippen LogP contribution is 2.32. The summed E-state index contributed by atoms with van der Waals surface area (Å²) in [5.41, 5.74) is -1.51. The molecule has 12 heteroatoms. The lowest BCUT2D eigenvalue weighted by Crippen LogP contribution is -2.18. The van der Waals surface area contributed by atoms with Crippen LogP contribution in [-0.4, -0.2) is 35.5 Å². The molecule has 7 nitrogen and oxygen atoms in total. The van der Waals surface area contributed by atoms with Gasteiger partial charge in [0.2, 0.25) is 0 Å². The van der Waals surface area contributed by atoms with Crippen molar-refractivity contribution in [3.8, 4) is 16.8 Å². The van der Waals surface area contributed by atoms with Gasteiger partial charge in [-0.1, -0.05) is 42.5 Å². The van der Waals surface area contributed by atoms with E-state index in [-0.39, 0.29) is 33.0 Å². The van der Waals surface area contributed by atoms with Crippen LogP contribution >= 0.6 is 0 Å². The van der Waals surface area contributed by atoms with Gasteiger partial charge in [-0.05, 0) is 29.8 Å². The molecule has 0 aliphatic carbocycles. The Morgan fingerprint density at radius 2 is 1.70 bits per heavy atom. The first-order valence-corrected chi connectivity index (χ1v) is 12.6. The maximum atomic E-state index is 15.0. The van der Waals surface area contributed by atoms with Crippen molar-refractivity contribution in [1.29, 1.82) is 0 Å². The number of hydrogen-bond acceptors (Lipinski definition) is 5. The van der Waals surface area contributed by atoms with Gasteiger partial charge in [-0.25, -0.2) is 17.5 Å². The summed E-state index contributed by atoms with van der Waals surface area (Å²) in [6.07, 6.45) is -3.85. The number of sulfone groups is 1. The molecule has 0 spiro atoms. The van der Waals surface area contributed by atoms with Crippen molar-refractivity contribution in [2.75, 3.05) is 11.6 Å². The zero-order valence-electron chi connectivity index (χ0n) is 19.1. The molecule has 0 aliphatic rings. The van der Waals surface area contributed by atoms with Gasteiger partial charge in [-0.3, -0.25) is 4.79 Å². The van der Waals surface area contributed by atoms with Crippen molar-refractivity contribution in [3.63, 3.8) is 0 Å². The van der Waals surface area contributed by atoms with E-state index in [1.807, 2.05) is 0 Å². The van der Waals surface area contributed by atoms with Crippen LogP contribution in [0, 0.1) is 5.82 Å². The minimum absolute atomic E-state index is 0.0164. The summed E-state index contributed by atoms with van der Waals surface area (Å²) in [5.74, 6) is -2.02. The van der Waals surface area contributed by atoms with Crippen LogP contribution in [0.4, 0.5) is 23.2 Å². The molecule has 1 amide bonds. The maximum Gasteiger partial charge on any atom is 0.435 e. The summed E-state index contributed by atoms with van der Waals surface area (Å²) in [6, 6.07) is 16.0. The Morgan fingerprint density at radius 1 is 1.03 bits per heavy atom. The molecule has 0 radical (unpaired) electrons. The molecule has 0 saturated carbocycles. The highest BCUT2D eigenvalue weighted by Gasteiger charge is 2.36. The molecular weight excluding hydrogens is 514 g/mol. The normalized spacial score (nSPS) is 11.9. The van der Waals surface area contributed by atoms with Crippen molar-refractivity contribution < 1.29 is 35.9 Å². The SMILES string of the molecule is CS(=O)(=O)c1ccccc1-c1ccc(NC(=O)c2cc(C(F)(F)F)nn2-c2ccccc2CO)c(F)c1. The fraction of sp³-hybridized carbons (Fsp3) is 0.120. The van der Waals surface area contributed by atoms with E-state index in [0.717, 1.165) is 17.0 Å². The van der Waals surface area contributed by atoms with Crippen LogP contribution in [-0.2, 0) is 22.6 Å². The third-order valence-corrected chi connectivity index (χ3v) is 6.59. The van der Waals surface area contributed by atoms with Crippen LogP contribution in [0.15, 0.2) is 77.7 Å². The molecule has 37 heavy (non-hydrogen) atoms. The summed E-state index contributed by atoms with van der Waals surface area (Å²) >= 11 is 0. The predicted octanol–water partition coefficient (Wildman–Crippen LogP) is 4.85. The number of amides is 1. The highest BCUT2D eigenvalue weighted by atomic mass is 32.2. The molecule has 4 rings (SSSR count). The van der Waals surface area contributed by atoms with E-state index >= 15 is 0 Å². The topological polar surface area (TPSA) is 101 Å². The van der Waals surface area contributed by atoms with Gasteiger partial charge in [0.1, 0.15) is 11.5 Å². The van der Waals surface area contributed by atoms with Crippen LogP contribution in [0.1, 0.15) is 21.7 Å². The Morgan fingerprint density at radius 3 is 2.35 bits per heavy atom. The molecule has 3 aromatic carbocycles. The molecule has 0 unspecified atom stereocenters. The Balaban J connectivity index is 1.72. The molecule has 1 heterocycles. The standard InChI is InChI=1S/C25H19F4N3O4S/c1-37(35,36)22-9-5-3-7-17(22)15-10-11-19(18(26)12-15)30-24(34)21-13-23(25(27,28)29)31-32(21)20-8-4-2-6-16(20)14-33/h2-13,33H,14H2,1H3,(H,30,34). The molecule has 0 atom stereocenters. The van der Waals surface area contributed by atoms with E-state index in [2.05, 4.69) is 10.4 Å². The number of carbonyl (C=O) groups excluding carboxylic acids is 1. The van der Waals surface area contributed by atoms with E-state index in [4.69, 9.17) is 0 Å². The Hall–Kier alpha value is -4.03. The lowest BCUT2D eigenvalue weighted by molar-refractivity contribution is -0.141. The minimum Gasteiger partial charge on any atom is -0.392 e. The van der Waals surface area contributed by atoms with Gasteiger partial charge in [0.15, 0.2) is 15.5 Å². The first-order valence-electron chi connectivity index (χ1n) is 10.7. The first kappa shape index (κ1) is 26.0. The Kier molecular flexibility index (Phi) is 6.89. The number of rotatable bonds is 6. The smallest absolute Gasteiger partial charge is 0.392 e. The fourth-order valence-corrected chi connectivity index (χ4v) is 4.63. The van der Waals surface area contributed by atoms with Crippen LogP contribution < -0.4 is 5.32 Å².